The zero-order valence-corrected chi connectivity index (χ0v) is 21.8. The third-order valence-corrected chi connectivity index (χ3v) is 7.61. The Balaban J connectivity index is 1.03. The Morgan fingerprint density at radius 3 is 2.59 bits per heavy atom. The maximum Gasteiger partial charge on any atom is 0.338 e. The van der Waals surface area contributed by atoms with Crippen molar-refractivity contribution in [3.05, 3.63) is 102 Å². The number of fused-ring (bicyclic) bond motifs is 1. The molecule has 0 radical (unpaired) electrons. The predicted octanol–water partition coefficient (Wildman–Crippen LogP) is 5.88. The molecule has 7 nitrogen and oxygen atoms in total. The number of carbonyl (C=O) groups is 2. The number of pyridine rings is 1. The first-order valence-electron chi connectivity index (χ1n) is 13.6. The number of benzene rings is 3. The van der Waals surface area contributed by atoms with E-state index in [1.165, 1.54) is 5.39 Å². The van der Waals surface area contributed by atoms with Crippen LogP contribution in [0, 0.1) is 0 Å². The Labute approximate surface area is 228 Å². The van der Waals surface area contributed by atoms with E-state index in [9.17, 15) is 9.59 Å². The van der Waals surface area contributed by atoms with Gasteiger partial charge >= 0.3 is 5.97 Å². The molecule has 1 aliphatic heterocycles. The van der Waals surface area contributed by atoms with Crippen LogP contribution in [0.15, 0.2) is 85.2 Å². The minimum atomic E-state index is -0.326. The number of carbonyl (C=O) groups excluding carboxylic acids is 2. The van der Waals surface area contributed by atoms with Crippen LogP contribution in [0.4, 0.5) is 11.4 Å². The number of hydrogen-bond donors (Lipinski definition) is 2. The van der Waals surface area contributed by atoms with Crippen LogP contribution >= 0.6 is 0 Å². The second-order valence-corrected chi connectivity index (χ2v) is 10.5. The molecule has 198 valence electrons. The normalized spacial score (nSPS) is 17.5. The van der Waals surface area contributed by atoms with Gasteiger partial charge in [-0.25, -0.2) is 4.79 Å². The Bertz CT molecular complexity index is 1480. The van der Waals surface area contributed by atoms with Crippen molar-refractivity contribution in [1.82, 2.24) is 9.88 Å². The monoisotopic (exact) mass is 520 g/mol. The zero-order chi connectivity index (χ0) is 26.6. The first kappa shape index (κ1) is 25.1. The third kappa shape index (κ3) is 5.94. The number of nitrogens with one attached hydrogen (secondary N) is 2. The van der Waals surface area contributed by atoms with Crippen molar-refractivity contribution in [3.8, 4) is 0 Å². The van der Waals surface area contributed by atoms with Gasteiger partial charge < -0.3 is 15.4 Å². The molecule has 1 aliphatic carbocycles. The molecule has 1 atom stereocenters. The molecule has 39 heavy (non-hydrogen) atoms. The third-order valence-electron chi connectivity index (χ3n) is 7.61. The zero-order valence-electron chi connectivity index (χ0n) is 21.8. The molecule has 3 aromatic carbocycles. The van der Waals surface area contributed by atoms with E-state index < -0.39 is 0 Å². The quantitative estimate of drug-likeness (QED) is 0.282. The maximum atomic E-state index is 12.8. The summed E-state index contributed by atoms with van der Waals surface area (Å²) >= 11 is 0. The van der Waals surface area contributed by atoms with Crippen LogP contribution < -0.4 is 10.6 Å². The molecule has 4 aromatic rings. The molecule has 7 heteroatoms. The number of esters is 1. The van der Waals surface area contributed by atoms with Crippen LogP contribution in [-0.4, -0.2) is 47.0 Å². The van der Waals surface area contributed by atoms with Gasteiger partial charge in [0.2, 0.25) is 0 Å². The van der Waals surface area contributed by atoms with Gasteiger partial charge in [0, 0.05) is 65.8 Å². The van der Waals surface area contributed by atoms with Crippen LogP contribution in [0.25, 0.3) is 10.8 Å². The largest absolute Gasteiger partial charge is 0.459 e. The second kappa shape index (κ2) is 11.3. The molecule has 1 amide bonds. The van der Waals surface area contributed by atoms with Gasteiger partial charge in [0.15, 0.2) is 0 Å². The molecule has 1 aromatic heterocycles. The summed E-state index contributed by atoms with van der Waals surface area (Å²) in [6, 6.07) is 23.3. The number of likely N-dealkylation sites (tertiary alicyclic amines) is 1. The van der Waals surface area contributed by atoms with Crippen LogP contribution in [0.5, 0.6) is 0 Å². The lowest BCUT2D eigenvalue weighted by Crippen LogP contribution is -2.26. The summed E-state index contributed by atoms with van der Waals surface area (Å²) in [4.78, 5) is 31.7. The molecule has 0 spiro atoms. The highest BCUT2D eigenvalue weighted by Crippen LogP contribution is 2.26. The second-order valence-electron chi connectivity index (χ2n) is 10.5. The molecular formula is C32H32N4O3. The van der Waals surface area contributed by atoms with Gasteiger partial charge in [0.1, 0.15) is 6.10 Å². The Morgan fingerprint density at radius 1 is 0.949 bits per heavy atom. The molecule has 0 bridgehead atoms. The molecule has 6 rings (SSSR count). The first-order chi connectivity index (χ1) is 19.1. The molecule has 1 saturated heterocycles. The summed E-state index contributed by atoms with van der Waals surface area (Å²) in [6.07, 6.45) is 7.82. The van der Waals surface area contributed by atoms with E-state index in [0.717, 1.165) is 67.6 Å². The highest BCUT2D eigenvalue weighted by Gasteiger charge is 2.24. The lowest BCUT2D eigenvalue weighted by molar-refractivity contribution is 0.00899. The van der Waals surface area contributed by atoms with Crippen molar-refractivity contribution in [1.29, 1.82) is 0 Å². The van der Waals surface area contributed by atoms with Crippen LogP contribution in [0.2, 0.25) is 0 Å². The smallest absolute Gasteiger partial charge is 0.338 e. The van der Waals surface area contributed by atoms with E-state index in [1.807, 2.05) is 30.6 Å². The molecule has 2 aliphatic rings. The van der Waals surface area contributed by atoms with Crippen molar-refractivity contribution in [2.24, 2.45) is 0 Å². The van der Waals surface area contributed by atoms with Crippen molar-refractivity contribution < 1.29 is 14.3 Å². The molecular weight excluding hydrogens is 488 g/mol. The van der Waals surface area contributed by atoms with Gasteiger partial charge in [0.25, 0.3) is 5.91 Å². The van der Waals surface area contributed by atoms with Crippen LogP contribution in [0.1, 0.15) is 52.0 Å². The lowest BCUT2D eigenvalue weighted by Gasteiger charge is -2.25. The molecule has 2 heterocycles. The number of ether oxygens (including phenoxy) is 1. The highest BCUT2D eigenvalue weighted by molar-refractivity contribution is 6.04. The number of amides is 1. The number of hydrogen-bond acceptors (Lipinski definition) is 6. The van der Waals surface area contributed by atoms with E-state index in [4.69, 9.17) is 4.74 Å². The van der Waals surface area contributed by atoms with Crippen molar-refractivity contribution in [2.75, 3.05) is 23.7 Å². The van der Waals surface area contributed by atoms with E-state index in [-0.39, 0.29) is 18.0 Å². The van der Waals surface area contributed by atoms with Crippen molar-refractivity contribution >= 4 is 34.0 Å². The summed E-state index contributed by atoms with van der Waals surface area (Å²) < 4.78 is 5.44. The van der Waals surface area contributed by atoms with Gasteiger partial charge in [-0.3, -0.25) is 14.7 Å². The number of rotatable bonds is 8. The van der Waals surface area contributed by atoms with Gasteiger partial charge in [-0.2, -0.15) is 0 Å². The van der Waals surface area contributed by atoms with E-state index >= 15 is 0 Å². The standard InChI is InChI=1S/C32H32N4O3/c37-31(23-10-12-24(13-11-23)32(38)39-28-7-3-8-28)35-26-6-1-4-22(18-26)20-36-17-15-27(21-36)34-30-9-2-5-25-19-33-16-14-29(25)30/h1-2,4-6,9-14,16,18-19,27-28,34H,3,7-8,15,17,20-21H2,(H,35,37). The Morgan fingerprint density at radius 2 is 1.77 bits per heavy atom. The van der Waals surface area contributed by atoms with Gasteiger partial charge in [0.05, 0.1) is 5.56 Å². The van der Waals surface area contributed by atoms with Gasteiger partial charge in [-0.1, -0.05) is 24.3 Å². The van der Waals surface area contributed by atoms with Crippen molar-refractivity contribution in [3.63, 3.8) is 0 Å². The minimum Gasteiger partial charge on any atom is -0.459 e. The number of nitrogens with zero attached hydrogens (tertiary/aromatic N) is 2. The lowest BCUT2D eigenvalue weighted by atomic mass is 9.96. The summed E-state index contributed by atoms with van der Waals surface area (Å²) in [7, 11) is 0. The maximum absolute atomic E-state index is 12.8. The number of aromatic nitrogens is 1. The topological polar surface area (TPSA) is 83.6 Å². The average Bonchev–Trinajstić information content (AvgIpc) is 3.37. The molecule has 1 saturated carbocycles. The summed E-state index contributed by atoms with van der Waals surface area (Å²) in [5.74, 6) is -0.532. The summed E-state index contributed by atoms with van der Waals surface area (Å²) in [6.45, 7) is 2.78. The molecule has 1 unspecified atom stereocenters. The highest BCUT2D eigenvalue weighted by atomic mass is 16.5. The van der Waals surface area contributed by atoms with E-state index in [0.29, 0.717) is 17.2 Å². The van der Waals surface area contributed by atoms with E-state index in [1.54, 1.807) is 24.3 Å². The van der Waals surface area contributed by atoms with Crippen LogP contribution in [-0.2, 0) is 11.3 Å². The Kier molecular flexibility index (Phi) is 7.23. The molecule has 2 fully saturated rings. The van der Waals surface area contributed by atoms with Crippen LogP contribution in [0.3, 0.4) is 0 Å². The van der Waals surface area contributed by atoms with E-state index in [2.05, 4.69) is 50.8 Å². The molecule has 2 N–H and O–H groups in total. The number of anilines is 2. The fourth-order valence-electron chi connectivity index (χ4n) is 5.24. The summed E-state index contributed by atoms with van der Waals surface area (Å²) in [5.41, 5.74) is 4.02. The van der Waals surface area contributed by atoms with Gasteiger partial charge in [-0.15, -0.1) is 0 Å². The first-order valence-corrected chi connectivity index (χ1v) is 13.6. The SMILES string of the molecule is O=C(Nc1cccc(CN2CCC(Nc3cccc4cnccc34)C2)c1)c1ccc(C(=O)OC2CCC2)cc1. The minimum absolute atomic E-state index is 0.0393. The predicted molar refractivity (Wildman–Crippen MR) is 153 cm³/mol. The summed E-state index contributed by atoms with van der Waals surface area (Å²) in [5, 5.41) is 9.05. The van der Waals surface area contributed by atoms with Gasteiger partial charge in [-0.05, 0) is 79.8 Å². The fourth-order valence-corrected chi connectivity index (χ4v) is 5.24. The average molecular weight is 521 g/mol. The van der Waals surface area contributed by atoms with Crippen molar-refractivity contribution in [2.45, 2.75) is 44.4 Å². The Hall–Kier alpha value is -4.23. The fraction of sp³-hybridized carbons (Fsp3) is 0.281.